The Morgan fingerprint density at radius 3 is 2.41 bits per heavy atom. The SMILES string of the molecule is O=C(O)C1Cc2ccc(SN3CCN(c4ccc(C(F)(F)F)cn4)CC3)cc2C1. The highest BCUT2D eigenvalue weighted by molar-refractivity contribution is 7.97. The van der Waals surface area contributed by atoms with Gasteiger partial charge in [0.15, 0.2) is 0 Å². The third kappa shape index (κ3) is 4.51. The van der Waals surface area contributed by atoms with E-state index in [-0.39, 0.29) is 5.92 Å². The first-order chi connectivity index (χ1) is 13.8. The molecule has 0 saturated carbocycles. The van der Waals surface area contributed by atoms with Crippen molar-refractivity contribution in [1.29, 1.82) is 0 Å². The van der Waals surface area contributed by atoms with Gasteiger partial charge in [-0.1, -0.05) is 6.07 Å². The molecule has 5 nitrogen and oxygen atoms in total. The molecule has 1 aliphatic heterocycles. The van der Waals surface area contributed by atoms with Gasteiger partial charge >= 0.3 is 12.1 Å². The summed E-state index contributed by atoms with van der Waals surface area (Å²) in [6, 6.07) is 8.61. The molecule has 1 aliphatic carbocycles. The number of carboxylic acids is 1. The molecular formula is C20H20F3N3O2S. The van der Waals surface area contributed by atoms with E-state index in [1.54, 1.807) is 11.9 Å². The van der Waals surface area contributed by atoms with E-state index in [0.717, 1.165) is 41.4 Å². The highest BCUT2D eigenvalue weighted by Gasteiger charge is 2.31. The Hall–Kier alpha value is -2.26. The Bertz CT molecular complexity index is 897. The molecule has 4 rings (SSSR count). The van der Waals surface area contributed by atoms with E-state index in [2.05, 4.69) is 15.4 Å². The largest absolute Gasteiger partial charge is 0.481 e. The Kier molecular flexibility index (Phi) is 5.44. The van der Waals surface area contributed by atoms with E-state index in [4.69, 9.17) is 0 Å². The number of benzene rings is 1. The molecule has 1 atom stereocenters. The van der Waals surface area contributed by atoms with Gasteiger partial charge in [-0.3, -0.25) is 4.79 Å². The number of halogens is 3. The summed E-state index contributed by atoms with van der Waals surface area (Å²) in [6.45, 7) is 2.86. The van der Waals surface area contributed by atoms with E-state index in [1.165, 1.54) is 6.07 Å². The maximum absolute atomic E-state index is 12.7. The molecule has 0 radical (unpaired) electrons. The molecule has 1 aromatic carbocycles. The van der Waals surface area contributed by atoms with Gasteiger partial charge in [0.05, 0.1) is 11.5 Å². The molecule has 2 aliphatic rings. The van der Waals surface area contributed by atoms with Crippen molar-refractivity contribution in [3.63, 3.8) is 0 Å². The number of carboxylic acid groups (broad SMARTS) is 1. The number of carbonyl (C=O) groups is 1. The van der Waals surface area contributed by atoms with Gasteiger partial charge in [0, 0.05) is 37.3 Å². The van der Waals surface area contributed by atoms with Gasteiger partial charge in [-0.15, -0.1) is 0 Å². The van der Waals surface area contributed by atoms with Crippen LogP contribution in [0.3, 0.4) is 0 Å². The lowest BCUT2D eigenvalue weighted by Crippen LogP contribution is -2.43. The van der Waals surface area contributed by atoms with Crippen molar-refractivity contribution in [1.82, 2.24) is 9.29 Å². The Balaban J connectivity index is 1.33. The van der Waals surface area contributed by atoms with Gasteiger partial charge in [-0.25, -0.2) is 9.29 Å². The third-order valence-electron chi connectivity index (χ3n) is 5.33. The van der Waals surface area contributed by atoms with Crippen molar-refractivity contribution < 1.29 is 23.1 Å². The topological polar surface area (TPSA) is 56.7 Å². The second kappa shape index (κ2) is 7.87. The van der Waals surface area contributed by atoms with Crippen LogP contribution in [0, 0.1) is 5.92 Å². The van der Waals surface area contributed by atoms with Crippen LogP contribution >= 0.6 is 11.9 Å². The fraction of sp³-hybridized carbons (Fsp3) is 0.400. The van der Waals surface area contributed by atoms with Crippen molar-refractivity contribution in [2.75, 3.05) is 31.1 Å². The van der Waals surface area contributed by atoms with E-state index in [9.17, 15) is 23.1 Å². The molecule has 2 aromatic rings. The van der Waals surface area contributed by atoms with Crippen LogP contribution in [-0.2, 0) is 23.8 Å². The van der Waals surface area contributed by atoms with Crippen molar-refractivity contribution in [2.24, 2.45) is 5.92 Å². The van der Waals surface area contributed by atoms with Gasteiger partial charge in [-0.05, 0) is 60.2 Å². The molecule has 1 aromatic heterocycles. The summed E-state index contributed by atoms with van der Waals surface area (Å²) in [6.07, 6.45) is -2.33. The average Bonchev–Trinajstić information content (AvgIpc) is 3.12. The Morgan fingerprint density at radius 1 is 1.07 bits per heavy atom. The molecule has 0 spiro atoms. The van der Waals surface area contributed by atoms with Crippen LogP contribution in [0.1, 0.15) is 16.7 Å². The highest BCUT2D eigenvalue weighted by Crippen LogP contribution is 2.33. The second-order valence-electron chi connectivity index (χ2n) is 7.28. The first-order valence-corrected chi connectivity index (χ1v) is 10.1. The van der Waals surface area contributed by atoms with Crippen LogP contribution in [0.15, 0.2) is 41.4 Å². The molecule has 0 amide bonds. The minimum Gasteiger partial charge on any atom is -0.481 e. The highest BCUT2D eigenvalue weighted by atomic mass is 32.2. The summed E-state index contributed by atoms with van der Waals surface area (Å²) in [5.41, 5.74) is 1.48. The van der Waals surface area contributed by atoms with Crippen LogP contribution in [0.2, 0.25) is 0 Å². The molecular weight excluding hydrogens is 403 g/mol. The number of anilines is 1. The van der Waals surface area contributed by atoms with E-state index in [0.29, 0.717) is 31.7 Å². The zero-order valence-electron chi connectivity index (χ0n) is 15.5. The van der Waals surface area contributed by atoms with Crippen LogP contribution in [0.4, 0.5) is 19.0 Å². The molecule has 1 fully saturated rings. The monoisotopic (exact) mass is 423 g/mol. The van der Waals surface area contributed by atoms with Crippen molar-refractivity contribution in [3.8, 4) is 0 Å². The lowest BCUT2D eigenvalue weighted by molar-refractivity contribution is -0.141. The van der Waals surface area contributed by atoms with Gasteiger partial charge in [0.1, 0.15) is 5.82 Å². The summed E-state index contributed by atoms with van der Waals surface area (Å²) < 4.78 is 40.2. The van der Waals surface area contributed by atoms with Crippen molar-refractivity contribution in [2.45, 2.75) is 23.9 Å². The number of pyridine rings is 1. The van der Waals surface area contributed by atoms with E-state index >= 15 is 0 Å². The molecule has 2 heterocycles. The maximum Gasteiger partial charge on any atom is 0.417 e. The number of hydrogen-bond donors (Lipinski definition) is 1. The van der Waals surface area contributed by atoms with E-state index in [1.807, 2.05) is 17.0 Å². The minimum absolute atomic E-state index is 0.329. The number of aromatic nitrogens is 1. The fourth-order valence-corrected chi connectivity index (χ4v) is 4.69. The number of nitrogens with zero attached hydrogens (tertiary/aromatic N) is 3. The van der Waals surface area contributed by atoms with E-state index < -0.39 is 17.7 Å². The van der Waals surface area contributed by atoms with Crippen molar-refractivity contribution in [3.05, 3.63) is 53.2 Å². The third-order valence-corrected chi connectivity index (χ3v) is 6.42. The standard InChI is InChI=1S/C20H20F3N3O2S/c21-20(22,23)16-2-4-18(24-12-16)25-5-7-26(8-6-25)29-17-3-1-13-9-15(19(27)28)10-14(13)11-17/h1-4,11-12,15H,5-10H2,(H,27,28). The molecule has 1 unspecified atom stereocenters. The van der Waals surface area contributed by atoms with Crippen LogP contribution in [-0.4, -0.2) is 46.5 Å². The number of rotatable bonds is 4. The fourth-order valence-electron chi connectivity index (χ4n) is 3.72. The number of piperazine rings is 1. The summed E-state index contributed by atoms with van der Waals surface area (Å²) in [4.78, 5) is 18.2. The molecule has 0 bridgehead atoms. The zero-order valence-corrected chi connectivity index (χ0v) is 16.3. The zero-order chi connectivity index (χ0) is 20.6. The predicted octanol–water partition coefficient (Wildman–Crippen LogP) is 3.73. The van der Waals surface area contributed by atoms with Crippen molar-refractivity contribution >= 4 is 23.7 Å². The normalized spacial score (nSPS) is 20.0. The number of hydrogen-bond acceptors (Lipinski definition) is 5. The first-order valence-electron chi connectivity index (χ1n) is 9.35. The molecule has 29 heavy (non-hydrogen) atoms. The van der Waals surface area contributed by atoms with Gasteiger partial charge < -0.3 is 10.0 Å². The second-order valence-corrected chi connectivity index (χ2v) is 8.45. The molecule has 1 saturated heterocycles. The van der Waals surface area contributed by atoms with Gasteiger partial charge in [0.2, 0.25) is 0 Å². The van der Waals surface area contributed by atoms with Crippen LogP contribution in [0.25, 0.3) is 0 Å². The molecule has 9 heteroatoms. The summed E-state index contributed by atoms with van der Waals surface area (Å²) in [7, 11) is 0. The maximum atomic E-state index is 12.7. The van der Waals surface area contributed by atoms with Crippen LogP contribution < -0.4 is 4.90 Å². The Labute approximate surface area is 170 Å². The van der Waals surface area contributed by atoms with Crippen LogP contribution in [0.5, 0.6) is 0 Å². The van der Waals surface area contributed by atoms with Gasteiger partial charge in [-0.2, -0.15) is 13.2 Å². The number of fused-ring (bicyclic) bond motifs is 1. The lowest BCUT2D eigenvalue weighted by atomic mass is 10.1. The first kappa shape index (κ1) is 20.0. The number of aliphatic carboxylic acids is 1. The Morgan fingerprint density at radius 2 is 1.79 bits per heavy atom. The average molecular weight is 423 g/mol. The summed E-state index contributed by atoms with van der Waals surface area (Å²) in [5, 5.41) is 9.21. The summed E-state index contributed by atoms with van der Waals surface area (Å²) in [5.74, 6) is -0.520. The quantitative estimate of drug-likeness (QED) is 0.757. The minimum atomic E-state index is -4.37. The lowest BCUT2D eigenvalue weighted by Gasteiger charge is -2.34. The van der Waals surface area contributed by atoms with Gasteiger partial charge in [0.25, 0.3) is 0 Å². The predicted molar refractivity (Wildman–Crippen MR) is 104 cm³/mol. The molecule has 1 N–H and O–H groups in total. The smallest absolute Gasteiger partial charge is 0.417 e. The molecule has 154 valence electrons. The number of alkyl halides is 3. The summed E-state index contributed by atoms with van der Waals surface area (Å²) >= 11 is 1.63.